The summed E-state index contributed by atoms with van der Waals surface area (Å²) in [7, 11) is 4.32. The molecule has 26 heavy (non-hydrogen) atoms. The second-order valence-corrected chi connectivity index (χ2v) is 5.78. The molecule has 2 rings (SSSR count). The van der Waals surface area contributed by atoms with Gasteiger partial charge in [0, 0.05) is 21.8 Å². The number of rotatable bonds is 7. The van der Waals surface area contributed by atoms with Gasteiger partial charge in [-0.3, -0.25) is 9.59 Å². The van der Waals surface area contributed by atoms with E-state index in [-0.39, 0.29) is 33.8 Å². The summed E-state index contributed by atoms with van der Waals surface area (Å²) in [4.78, 5) is 23.9. The van der Waals surface area contributed by atoms with Crippen molar-refractivity contribution in [2.75, 3.05) is 27.1 Å². The summed E-state index contributed by atoms with van der Waals surface area (Å²) in [5.41, 5.74) is 6.67. The highest BCUT2D eigenvalue weighted by Crippen LogP contribution is 2.39. The molecular weight excluding hydrogens is 362 g/mol. The number of ketones is 1. The highest BCUT2D eigenvalue weighted by Gasteiger charge is 2.21. The number of hydrogen-bond donors (Lipinski definition) is 2. The predicted molar refractivity (Wildman–Crippen MR) is 96.7 cm³/mol. The maximum atomic E-state index is 13.0. The molecule has 0 aliphatic heterocycles. The average molecular weight is 380 g/mol. The molecule has 0 fully saturated rings. The number of carbonyl (C=O) groups is 2. The van der Waals surface area contributed by atoms with Crippen molar-refractivity contribution in [3.05, 3.63) is 46.0 Å². The summed E-state index contributed by atoms with van der Waals surface area (Å²) in [5.74, 6) is -0.568. The van der Waals surface area contributed by atoms with Crippen LogP contribution in [0, 0.1) is 0 Å². The van der Waals surface area contributed by atoms with E-state index in [4.69, 9.17) is 36.7 Å². The van der Waals surface area contributed by atoms with E-state index in [0.717, 1.165) is 0 Å². The fourth-order valence-electron chi connectivity index (χ4n) is 2.54. The van der Waals surface area contributed by atoms with Gasteiger partial charge >= 0.3 is 5.97 Å². The van der Waals surface area contributed by atoms with Gasteiger partial charge in [-0.1, -0.05) is 11.6 Å². The van der Waals surface area contributed by atoms with Crippen LogP contribution in [-0.4, -0.2) is 38.2 Å². The molecule has 0 bridgehead atoms. The number of carbonyl (C=O) groups excluding carboxylic acids is 1. The fraction of sp³-hybridized carbons (Fsp3) is 0.222. The molecule has 0 unspecified atom stereocenters. The number of carboxylic acids is 1. The number of hydrogen-bond acceptors (Lipinski definition) is 6. The largest absolute Gasteiger partial charge is 0.493 e. The highest BCUT2D eigenvalue weighted by atomic mass is 35.5. The first-order valence-electron chi connectivity index (χ1n) is 7.46. The molecule has 0 radical (unpaired) electrons. The lowest BCUT2D eigenvalue weighted by Gasteiger charge is -2.15. The van der Waals surface area contributed by atoms with Crippen LogP contribution in [0.25, 0.3) is 0 Å². The molecule has 3 N–H and O–H groups in total. The van der Waals surface area contributed by atoms with Crippen LogP contribution in [0.2, 0.25) is 5.02 Å². The number of carboxylic acid groups (broad SMARTS) is 1. The summed E-state index contributed by atoms with van der Waals surface area (Å²) >= 11 is 6.03. The van der Waals surface area contributed by atoms with Gasteiger partial charge in [-0.25, -0.2) is 0 Å². The monoisotopic (exact) mass is 379 g/mol. The first-order chi connectivity index (χ1) is 12.3. The number of halogens is 1. The predicted octanol–water partition coefficient (Wildman–Crippen LogP) is 2.81. The zero-order valence-corrected chi connectivity index (χ0v) is 15.2. The third-order valence-corrected chi connectivity index (χ3v) is 3.96. The van der Waals surface area contributed by atoms with Gasteiger partial charge in [0.25, 0.3) is 0 Å². The van der Waals surface area contributed by atoms with E-state index in [1.807, 2.05) is 0 Å². The van der Waals surface area contributed by atoms with Crippen LogP contribution in [0.5, 0.6) is 17.2 Å². The van der Waals surface area contributed by atoms with Gasteiger partial charge in [-0.15, -0.1) is 0 Å². The van der Waals surface area contributed by atoms with E-state index in [1.165, 1.54) is 45.6 Å². The number of nitrogens with two attached hydrogens (primary N) is 1. The molecule has 0 aliphatic rings. The molecule has 138 valence electrons. The van der Waals surface area contributed by atoms with E-state index in [1.54, 1.807) is 0 Å². The molecule has 0 heterocycles. The lowest BCUT2D eigenvalue weighted by atomic mass is 9.97. The second-order valence-electron chi connectivity index (χ2n) is 5.34. The van der Waals surface area contributed by atoms with Crippen LogP contribution in [0.1, 0.15) is 21.5 Å². The second kappa shape index (κ2) is 7.97. The van der Waals surface area contributed by atoms with Gasteiger partial charge in [-0.2, -0.15) is 0 Å². The fourth-order valence-corrected chi connectivity index (χ4v) is 2.78. The molecule has 0 aromatic heterocycles. The van der Waals surface area contributed by atoms with Crippen molar-refractivity contribution in [3.63, 3.8) is 0 Å². The van der Waals surface area contributed by atoms with Crippen LogP contribution < -0.4 is 19.9 Å². The Bertz CT molecular complexity index is 840. The molecule has 0 amide bonds. The number of methoxy groups -OCH3 is 3. The van der Waals surface area contributed by atoms with E-state index in [2.05, 4.69) is 0 Å². The molecule has 0 atom stereocenters. The first-order valence-corrected chi connectivity index (χ1v) is 7.84. The van der Waals surface area contributed by atoms with E-state index in [9.17, 15) is 9.59 Å². The van der Waals surface area contributed by atoms with Gasteiger partial charge in [0.05, 0.1) is 27.8 Å². The third-order valence-electron chi connectivity index (χ3n) is 3.74. The Labute approximate surface area is 155 Å². The summed E-state index contributed by atoms with van der Waals surface area (Å²) in [6.07, 6.45) is -0.345. The van der Waals surface area contributed by atoms with E-state index >= 15 is 0 Å². The average Bonchev–Trinajstić information content (AvgIpc) is 2.61. The number of nitrogen functional groups attached to an aromatic ring is 1. The Hall–Kier alpha value is -2.93. The van der Waals surface area contributed by atoms with Crippen LogP contribution in [-0.2, 0) is 11.2 Å². The Kier molecular flexibility index (Phi) is 5.94. The van der Waals surface area contributed by atoms with Crippen molar-refractivity contribution in [3.8, 4) is 17.2 Å². The number of benzene rings is 2. The van der Waals surface area contributed by atoms with Crippen molar-refractivity contribution in [1.29, 1.82) is 0 Å². The van der Waals surface area contributed by atoms with Crippen molar-refractivity contribution < 1.29 is 28.9 Å². The number of anilines is 1. The Morgan fingerprint density at radius 3 is 2.08 bits per heavy atom. The zero-order chi connectivity index (χ0) is 19.4. The maximum Gasteiger partial charge on any atom is 0.307 e. The van der Waals surface area contributed by atoms with Gasteiger partial charge in [0.2, 0.25) is 5.75 Å². The summed E-state index contributed by atoms with van der Waals surface area (Å²) in [6.45, 7) is 0. The van der Waals surface area contributed by atoms with Crippen molar-refractivity contribution in [1.82, 2.24) is 0 Å². The van der Waals surface area contributed by atoms with Crippen LogP contribution in [0.15, 0.2) is 24.3 Å². The normalized spacial score (nSPS) is 10.3. The topological polar surface area (TPSA) is 108 Å². The van der Waals surface area contributed by atoms with Crippen molar-refractivity contribution >= 4 is 29.0 Å². The minimum absolute atomic E-state index is 0.0653. The van der Waals surface area contributed by atoms with Gasteiger partial charge in [0.1, 0.15) is 0 Å². The van der Waals surface area contributed by atoms with Crippen LogP contribution in [0.4, 0.5) is 5.69 Å². The molecule has 8 heteroatoms. The third kappa shape index (κ3) is 3.83. The molecule has 0 spiro atoms. The van der Waals surface area contributed by atoms with E-state index < -0.39 is 11.8 Å². The molecule has 0 saturated heterocycles. The molecule has 7 nitrogen and oxygen atoms in total. The van der Waals surface area contributed by atoms with Crippen LogP contribution in [0.3, 0.4) is 0 Å². The standard InChI is InChI=1S/C18H18ClNO6/c1-24-13-5-10(6-14(25-2)18(13)26-3)17(23)12-8-11(19)4-9(16(12)20)7-15(21)22/h4-6,8H,7,20H2,1-3H3,(H,21,22). The van der Waals surface area contributed by atoms with Crippen molar-refractivity contribution in [2.24, 2.45) is 0 Å². The molecule has 0 aliphatic carbocycles. The molecular formula is C18H18ClNO6. The zero-order valence-electron chi connectivity index (χ0n) is 14.5. The van der Waals surface area contributed by atoms with Crippen LogP contribution >= 0.6 is 11.6 Å². The Balaban J connectivity index is 2.59. The van der Waals surface area contributed by atoms with E-state index in [0.29, 0.717) is 17.2 Å². The summed E-state index contributed by atoms with van der Waals surface area (Å²) < 4.78 is 15.7. The minimum Gasteiger partial charge on any atom is -0.493 e. The first kappa shape index (κ1) is 19.4. The molecule has 0 saturated carbocycles. The summed E-state index contributed by atoms with van der Waals surface area (Å²) in [5, 5.41) is 9.21. The SMILES string of the molecule is COc1cc(C(=O)c2cc(Cl)cc(CC(=O)O)c2N)cc(OC)c1OC. The Morgan fingerprint density at radius 1 is 1.04 bits per heavy atom. The van der Waals surface area contributed by atoms with Crippen molar-refractivity contribution in [2.45, 2.75) is 6.42 Å². The smallest absolute Gasteiger partial charge is 0.307 e. The number of aliphatic carboxylic acids is 1. The Morgan fingerprint density at radius 2 is 1.62 bits per heavy atom. The summed E-state index contributed by atoms with van der Waals surface area (Å²) in [6, 6.07) is 5.80. The minimum atomic E-state index is -1.08. The quantitative estimate of drug-likeness (QED) is 0.562. The van der Waals surface area contributed by atoms with Gasteiger partial charge in [-0.05, 0) is 29.8 Å². The molecule has 2 aromatic carbocycles. The highest BCUT2D eigenvalue weighted by molar-refractivity contribution is 6.31. The number of ether oxygens (including phenoxy) is 3. The van der Waals surface area contributed by atoms with Gasteiger partial charge < -0.3 is 25.1 Å². The maximum absolute atomic E-state index is 13.0. The van der Waals surface area contributed by atoms with Gasteiger partial charge in [0.15, 0.2) is 17.3 Å². The lowest BCUT2D eigenvalue weighted by Crippen LogP contribution is -2.11. The lowest BCUT2D eigenvalue weighted by molar-refractivity contribution is -0.136. The molecule has 2 aromatic rings.